The highest BCUT2D eigenvalue weighted by atomic mass is 16.7. The number of fused-ring (bicyclic) bond motifs is 2. The standard InChI is InChI=1S/C20H19NO6/c1-23-17-6-12(7-18(24-2)20(17)25-3)19-14-8-16-15(26-10-27-16)5-11(14)4-13(9-22)21-19/h4-8,22H,9-10H2,1-3H3. The van der Waals surface area contributed by atoms with Crippen molar-refractivity contribution in [3.63, 3.8) is 0 Å². The second-order valence-corrected chi connectivity index (χ2v) is 5.96. The fraction of sp³-hybridized carbons (Fsp3) is 0.250. The summed E-state index contributed by atoms with van der Waals surface area (Å²) in [6.07, 6.45) is 0. The Morgan fingerprint density at radius 3 is 2.19 bits per heavy atom. The van der Waals surface area contributed by atoms with Crippen LogP contribution in [0.3, 0.4) is 0 Å². The van der Waals surface area contributed by atoms with Crippen LogP contribution < -0.4 is 23.7 Å². The first-order valence-electron chi connectivity index (χ1n) is 8.33. The largest absolute Gasteiger partial charge is 0.493 e. The van der Waals surface area contributed by atoms with Crippen molar-refractivity contribution in [2.45, 2.75) is 6.61 Å². The smallest absolute Gasteiger partial charge is 0.231 e. The second-order valence-electron chi connectivity index (χ2n) is 5.96. The van der Waals surface area contributed by atoms with Gasteiger partial charge in [0.25, 0.3) is 0 Å². The minimum Gasteiger partial charge on any atom is -0.493 e. The van der Waals surface area contributed by atoms with Gasteiger partial charge < -0.3 is 28.8 Å². The lowest BCUT2D eigenvalue weighted by atomic mass is 10.0. The molecule has 0 aliphatic carbocycles. The Morgan fingerprint density at radius 2 is 1.59 bits per heavy atom. The minimum absolute atomic E-state index is 0.179. The molecule has 4 rings (SSSR count). The fourth-order valence-electron chi connectivity index (χ4n) is 3.22. The topological polar surface area (TPSA) is 79.3 Å². The van der Waals surface area contributed by atoms with Gasteiger partial charge in [-0.1, -0.05) is 0 Å². The molecule has 0 atom stereocenters. The van der Waals surface area contributed by atoms with Crippen LogP contribution in [0.2, 0.25) is 0 Å². The zero-order valence-electron chi connectivity index (χ0n) is 15.2. The van der Waals surface area contributed by atoms with Crippen LogP contribution in [0, 0.1) is 0 Å². The monoisotopic (exact) mass is 369 g/mol. The Morgan fingerprint density at radius 1 is 0.926 bits per heavy atom. The molecule has 0 unspecified atom stereocenters. The van der Waals surface area contributed by atoms with Gasteiger partial charge in [0.15, 0.2) is 23.0 Å². The molecule has 0 radical (unpaired) electrons. The van der Waals surface area contributed by atoms with Crippen LogP contribution in [0.4, 0.5) is 0 Å². The van der Waals surface area contributed by atoms with Gasteiger partial charge in [-0.3, -0.25) is 0 Å². The molecule has 2 aromatic carbocycles. The van der Waals surface area contributed by atoms with Crippen molar-refractivity contribution in [2.24, 2.45) is 0 Å². The van der Waals surface area contributed by atoms with E-state index in [0.29, 0.717) is 40.1 Å². The number of nitrogens with zero attached hydrogens (tertiary/aromatic N) is 1. The normalized spacial score (nSPS) is 12.3. The number of ether oxygens (including phenoxy) is 5. The quantitative estimate of drug-likeness (QED) is 0.740. The molecule has 0 fully saturated rings. The average molecular weight is 369 g/mol. The molecule has 1 aliphatic heterocycles. The Hall–Kier alpha value is -3.19. The Labute approximate surface area is 156 Å². The van der Waals surface area contributed by atoms with Crippen molar-refractivity contribution in [3.05, 3.63) is 36.0 Å². The molecular weight excluding hydrogens is 350 g/mol. The molecule has 1 aliphatic rings. The molecule has 2 heterocycles. The Bertz CT molecular complexity index is 992. The van der Waals surface area contributed by atoms with E-state index < -0.39 is 0 Å². The van der Waals surface area contributed by atoms with Gasteiger partial charge >= 0.3 is 0 Å². The third-order valence-corrected chi connectivity index (χ3v) is 4.48. The molecule has 0 amide bonds. The number of hydrogen-bond acceptors (Lipinski definition) is 7. The first-order chi connectivity index (χ1) is 13.2. The zero-order chi connectivity index (χ0) is 19.0. The van der Waals surface area contributed by atoms with Crippen LogP contribution in [0.25, 0.3) is 22.0 Å². The number of hydrogen-bond donors (Lipinski definition) is 1. The Balaban J connectivity index is 2.00. The van der Waals surface area contributed by atoms with Crippen LogP contribution in [0.15, 0.2) is 30.3 Å². The summed E-state index contributed by atoms with van der Waals surface area (Å²) in [7, 11) is 4.68. The SMILES string of the molecule is COc1cc(-c2nc(CO)cc3cc4c(cc23)OCO4)cc(OC)c1OC. The van der Waals surface area contributed by atoms with Crippen molar-refractivity contribution in [2.75, 3.05) is 28.1 Å². The highest BCUT2D eigenvalue weighted by molar-refractivity contribution is 5.97. The molecule has 0 spiro atoms. The first kappa shape index (κ1) is 17.2. The lowest BCUT2D eigenvalue weighted by Crippen LogP contribution is -1.98. The highest BCUT2D eigenvalue weighted by Crippen LogP contribution is 2.44. The molecule has 27 heavy (non-hydrogen) atoms. The van der Waals surface area contributed by atoms with Crippen molar-refractivity contribution in [3.8, 4) is 40.0 Å². The third kappa shape index (κ3) is 2.86. The number of methoxy groups -OCH3 is 3. The molecule has 1 aromatic heterocycles. The lowest BCUT2D eigenvalue weighted by Gasteiger charge is -2.15. The molecular formula is C20H19NO6. The van der Waals surface area contributed by atoms with Crippen molar-refractivity contribution < 1.29 is 28.8 Å². The summed E-state index contributed by atoms with van der Waals surface area (Å²) in [5.74, 6) is 2.89. The van der Waals surface area contributed by atoms with Crippen LogP contribution in [-0.4, -0.2) is 38.2 Å². The maximum atomic E-state index is 9.66. The molecule has 0 saturated carbocycles. The van der Waals surface area contributed by atoms with Crippen LogP contribution in [0.1, 0.15) is 5.69 Å². The summed E-state index contributed by atoms with van der Waals surface area (Å²) in [5.41, 5.74) is 1.99. The number of aliphatic hydroxyl groups excluding tert-OH is 1. The summed E-state index contributed by atoms with van der Waals surface area (Å²) in [6.45, 7) is 0.00720. The average Bonchev–Trinajstić information content (AvgIpc) is 3.17. The van der Waals surface area contributed by atoms with E-state index in [2.05, 4.69) is 4.98 Å². The predicted octanol–water partition coefficient (Wildman–Crippen LogP) is 3.15. The summed E-state index contributed by atoms with van der Waals surface area (Å²) in [5, 5.41) is 11.4. The van der Waals surface area contributed by atoms with Gasteiger partial charge in [-0.05, 0) is 35.7 Å². The molecule has 3 aromatic rings. The number of benzene rings is 2. The van der Waals surface area contributed by atoms with E-state index in [0.717, 1.165) is 16.3 Å². The summed E-state index contributed by atoms with van der Waals surface area (Å²) in [4.78, 5) is 4.62. The number of aliphatic hydroxyl groups is 1. The van der Waals surface area contributed by atoms with Gasteiger partial charge in [0, 0.05) is 10.9 Å². The Kier molecular flexibility index (Phi) is 4.37. The molecule has 140 valence electrons. The van der Waals surface area contributed by atoms with Gasteiger partial charge in [0.05, 0.1) is 39.3 Å². The molecule has 7 heteroatoms. The van der Waals surface area contributed by atoms with E-state index in [4.69, 9.17) is 23.7 Å². The van der Waals surface area contributed by atoms with Crippen LogP contribution >= 0.6 is 0 Å². The van der Waals surface area contributed by atoms with Gasteiger partial charge in [-0.2, -0.15) is 0 Å². The van der Waals surface area contributed by atoms with Gasteiger partial charge in [0.2, 0.25) is 12.5 Å². The second kappa shape index (κ2) is 6.85. The maximum absolute atomic E-state index is 9.66. The van der Waals surface area contributed by atoms with Crippen LogP contribution in [-0.2, 0) is 6.61 Å². The van der Waals surface area contributed by atoms with E-state index >= 15 is 0 Å². The van der Waals surface area contributed by atoms with Gasteiger partial charge in [0.1, 0.15) is 0 Å². The number of rotatable bonds is 5. The van der Waals surface area contributed by atoms with Gasteiger partial charge in [-0.15, -0.1) is 0 Å². The van der Waals surface area contributed by atoms with E-state index in [9.17, 15) is 5.11 Å². The molecule has 1 N–H and O–H groups in total. The molecule has 0 bridgehead atoms. The first-order valence-corrected chi connectivity index (χ1v) is 8.33. The predicted molar refractivity (Wildman–Crippen MR) is 98.9 cm³/mol. The molecule has 0 saturated heterocycles. The van der Waals surface area contributed by atoms with Crippen molar-refractivity contribution >= 4 is 10.8 Å². The maximum Gasteiger partial charge on any atom is 0.231 e. The number of aromatic nitrogens is 1. The van der Waals surface area contributed by atoms with Crippen LogP contribution in [0.5, 0.6) is 28.7 Å². The third-order valence-electron chi connectivity index (χ3n) is 4.48. The highest BCUT2D eigenvalue weighted by Gasteiger charge is 2.20. The van der Waals surface area contributed by atoms with E-state index in [1.807, 2.05) is 30.3 Å². The fourth-order valence-corrected chi connectivity index (χ4v) is 3.22. The summed E-state index contributed by atoms with van der Waals surface area (Å²) >= 11 is 0. The minimum atomic E-state index is -0.179. The lowest BCUT2D eigenvalue weighted by molar-refractivity contribution is 0.174. The zero-order valence-corrected chi connectivity index (χ0v) is 15.2. The van der Waals surface area contributed by atoms with Crippen molar-refractivity contribution in [1.29, 1.82) is 0 Å². The van der Waals surface area contributed by atoms with Crippen molar-refractivity contribution in [1.82, 2.24) is 4.98 Å². The summed E-state index contributed by atoms with van der Waals surface area (Å²) < 4.78 is 27.3. The molecule has 7 nitrogen and oxygen atoms in total. The summed E-state index contributed by atoms with van der Waals surface area (Å²) in [6, 6.07) is 9.27. The van der Waals surface area contributed by atoms with E-state index in [1.165, 1.54) is 0 Å². The van der Waals surface area contributed by atoms with E-state index in [1.54, 1.807) is 21.3 Å². The number of pyridine rings is 1. The van der Waals surface area contributed by atoms with Gasteiger partial charge in [-0.25, -0.2) is 4.98 Å². The van der Waals surface area contributed by atoms with E-state index in [-0.39, 0.29) is 13.4 Å².